The molecule has 0 aliphatic rings. The summed E-state index contributed by atoms with van der Waals surface area (Å²) < 4.78 is 29.7. The van der Waals surface area contributed by atoms with E-state index >= 15 is 0 Å². The van der Waals surface area contributed by atoms with Gasteiger partial charge in [-0.3, -0.25) is 18.7 Å². The van der Waals surface area contributed by atoms with Crippen LogP contribution in [0.5, 0.6) is 0 Å². The fraction of sp³-hybridized carbons (Fsp3) is 0.0769. The van der Waals surface area contributed by atoms with Crippen molar-refractivity contribution in [3.8, 4) is 22.3 Å². The summed E-state index contributed by atoms with van der Waals surface area (Å²) in [6.45, 7) is 0.424. The van der Waals surface area contributed by atoms with Crippen LogP contribution in [-0.4, -0.2) is 19.1 Å². The van der Waals surface area contributed by atoms with E-state index in [4.69, 9.17) is 0 Å². The van der Waals surface area contributed by atoms with Gasteiger partial charge in [0.2, 0.25) is 0 Å². The van der Waals surface area contributed by atoms with Crippen LogP contribution in [0.15, 0.2) is 81.5 Å². The molecule has 0 aliphatic carbocycles. The van der Waals surface area contributed by atoms with Gasteiger partial charge in [-0.2, -0.15) is 0 Å². The molecule has 0 atom stereocenters. The Bertz CT molecular complexity index is 1720. The number of hydrogen-bond acceptors (Lipinski definition) is 6. The second-order valence-electron chi connectivity index (χ2n) is 8.16. The number of rotatable bonds is 5. The molecule has 0 spiro atoms. The number of aryl methyl sites for hydroxylation is 2. The van der Waals surface area contributed by atoms with Gasteiger partial charge in [0.25, 0.3) is 11.1 Å². The third-order valence-electron chi connectivity index (χ3n) is 6.01. The lowest BCUT2D eigenvalue weighted by atomic mass is 10.1. The second kappa shape index (κ2) is 8.89. The lowest BCUT2D eigenvalue weighted by Crippen LogP contribution is -2.27. The second-order valence-corrected chi connectivity index (χ2v) is 9.88. The van der Waals surface area contributed by atoms with Crippen molar-refractivity contribution < 1.29 is 8.78 Å². The maximum atomic E-state index is 13.4. The fourth-order valence-corrected chi connectivity index (χ4v) is 5.97. The van der Waals surface area contributed by atoms with E-state index in [9.17, 15) is 18.4 Å². The molecule has 178 valence electrons. The van der Waals surface area contributed by atoms with Crippen LogP contribution in [0.4, 0.5) is 8.78 Å². The average Bonchev–Trinajstić information content (AvgIpc) is 3.51. The van der Waals surface area contributed by atoms with Crippen molar-refractivity contribution in [1.82, 2.24) is 19.1 Å². The number of nitrogens with zero attached hydrogens (tertiary/aromatic N) is 4. The first-order valence-corrected chi connectivity index (χ1v) is 12.7. The largest absolute Gasteiger partial charge is 0.297 e. The first-order chi connectivity index (χ1) is 17.5. The van der Waals surface area contributed by atoms with Crippen LogP contribution in [-0.2, 0) is 13.1 Å². The predicted octanol–water partition coefficient (Wildman–Crippen LogP) is 5.54. The third kappa shape index (κ3) is 3.84. The van der Waals surface area contributed by atoms with Crippen molar-refractivity contribution in [2.45, 2.75) is 13.1 Å². The van der Waals surface area contributed by atoms with Gasteiger partial charge in [-0.25, -0.2) is 18.7 Å². The molecule has 2 aromatic carbocycles. The van der Waals surface area contributed by atoms with Crippen molar-refractivity contribution >= 4 is 43.1 Å². The summed E-state index contributed by atoms with van der Waals surface area (Å²) in [5, 5.41) is 4.61. The van der Waals surface area contributed by atoms with E-state index < -0.39 is 0 Å². The standard InChI is InChI=1S/C26H16F2N4O2S2/c27-17-5-1-15(2-6-17)19-11-35-23-21(19)25(33)31(13-29-23)9-10-32-14-30-24-22(26(32)34)20(12-36-24)16-3-7-18(28)8-4-16/h1-8,11-14H,9-10H2. The quantitative estimate of drug-likeness (QED) is 0.300. The Hall–Kier alpha value is -4.02. The van der Waals surface area contributed by atoms with E-state index in [2.05, 4.69) is 9.97 Å². The van der Waals surface area contributed by atoms with E-state index in [1.807, 2.05) is 10.8 Å². The molecule has 6 aromatic rings. The minimum absolute atomic E-state index is 0.212. The molecule has 0 N–H and O–H groups in total. The zero-order valence-corrected chi connectivity index (χ0v) is 20.2. The van der Waals surface area contributed by atoms with Crippen LogP contribution in [0.2, 0.25) is 0 Å². The number of aromatic nitrogens is 4. The molecule has 0 saturated heterocycles. The van der Waals surface area contributed by atoms with E-state index in [-0.39, 0.29) is 35.8 Å². The molecule has 0 fully saturated rings. The van der Waals surface area contributed by atoms with Crippen LogP contribution in [0.25, 0.3) is 42.7 Å². The molecule has 4 aromatic heterocycles. The van der Waals surface area contributed by atoms with Crippen LogP contribution < -0.4 is 11.1 Å². The maximum absolute atomic E-state index is 13.4. The molecule has 0 aliphatic heterocycles. The molecule has 36 heavy (non-hydrogen) atoms. The SMILES string of the molecule is O=c1c2c(-c3ccc(F)cc3)csc2ncn1CCn1cnc2scc(-c3ccc(F)cc3)c2c1=O. The van der Waals surface area contributed by atoms with Gasteiger partial charge in [0.1, 0.15) is 21.3 Å². The summed E-state index contributed by atoms with van der Waals surface area (Å²) in [5.41, 5.74) is 2.40. The zero-order chi connectivity index (χ0) is 24.8. The van der Waals surface area contributed by atoms with E-state index in [1.165, 1.54) is 68.7 Å². The van der Waals surface area contributed by atoms with Gasteiger partial charge in [-0.15, -0.1) is 22.7 Å². The van der Waals surface area contributed by atoms with E-state index in [0.717, 1.165) is 11.1 Å². The molecule has 6 nitrogen and oxygen atoms in total. The predicted molar refractivity (Wildman–Crippen MR) is 139 cm³/mol. The van der Waals surface area contributed by atoms with Crippen molar-refractivity contribution in [2.75, 3.05) is 0 Å². The highest BCUT2D eigenvalue weighted by Gasteiger charge is 2.16. The normalized spacial score (nSPS) is 11.5. The number of thiophene rings is 2. The number of benzene rings is 2. The molecular weight excluding hydrogens is 502 g/mol. The summed E-state index contributed by atoms with van der Waals surface area (Å²) >= 11 is 2.70. The van der Waals surface area contributed by atoms with Gasteiger partial charge in [0.05, 0.1) is 23.4 Å². The summed E-state index contributed by atoms with van der Waals surface area (Å²) in [6.07, 6.45) is 2.95. The van der Waals surface area contributed by atoms with E-state index in [1.54, 1.807) is 24.3 Å². The fourth-order valence-electron chi connectivity index (χ4n) is 4.15. The highest BCUT2D eigenvalue weighted by molar-refractivity contribution is 7.17. The number of halogens is 2. The van der Waals surface area contributed by atoms with Gasteiger partial charge in [0.15, 0.2) is 0 Å². The lowest BCUT2D eigenvalue weighted by molar-refractivity contribution is 0.547. The van der Waals surface area contributed by atoms with Gasteiger partial charge >= 0.3 is 0 Å². The first kappa shape index (κ1) is 22.4. The Morgan fingerprint density at radius 3 is 1.42 bits per heavy atom. The number of fused-ring (bicyclic) bond motifs is 2. The highest BCUT2D eigenvalue weighted by atomic mass is 32.1. The molecule has 10 heteroatoms. The maximum Gasteiger partial charge on any atom is 0.262 e. The zero-order valence-electron chi connectivity index (χ0n) is 18.5. The van der Waals surface area contributed by atoms with Gasteiger partial charge in [-0.1, -0.05) is 24.3 Å². The molecule has 0 unspecified atom stereocenters. The van der Waals surface area contributed by atoms with E-state index in [0.29, 0.717) is 31.6 Å². The molecule has 4 heterocycles. The Morgan fingerprint density at radius 2 is 1.03 bits per heavy atom. The minimum atomic E-state index is -0.349. The summed E-state index contributed by atoms with van der Waals surface area (Å²) in [6, 6.07) is 12.0. The van der Waals surface area contributed by atoms with Crippen LogP contribution in [0.3, 0.4) is 0 Å². The average molecular weight is 519 g/mol. The Morgan fingerprint density at radius 1 is 0.639 bits per heavy atom. The lowest BCUT2D eigenvalue weighted by Gasteiger charge is -2.09. The summed E-state index contributed by atoms with van der Waals surface area (Å²) in [4.78, 5) is 36.7. The van der Waals surface area contributed by atoms with Crippen molar-refractivity contribution in [3.05, 3.63) is 104 Å². The van der Waals surface area contributed by atoms with Crippen LogP contribution >= 0.6 is 22.7 Å². The smallest absolute Gasteiger partial charge is 0.262 e. The molecule has 0 saturated carbocycles. The Kier molecular flexibility index (Phi) is 5.54. The Labute approximate surface area is 210 Å². The third-order valence-corrected chi connectivity index (χ3v) is 7.79. The van der Waals surface area contributed by atoms with Crippen LogP contribution in [0.1, 0.15) is 0 Å². The van der Waals surface area contributed by atoms with Gasteiger partial charge < -0.3 is 0 Å². The Balaban J connectivity index is 1.35. The van der Waals surface area contributed by atoms with Crippen molar-refractivity contribution in [1.29, 1.82) is 0 Å². The molecule has 6 rings (SSSR count). The topological polar surface area (TPSA) is 69.8 Å². The summed E-state index contributed by atoms with van der Waals surface area (Å²) in [7, 11) is 0. The highest BCUT2D eigenvalue weighted by Crippen LogP contribution is 2.31. The molecule has 0 amide bonds. The molecule has 0 radical (unpaired) electrons. The summed E-state index contributed by atoms with van der Waals surface area (Å²) in [5.74, 6) is -0.698. The van der Waals surface area contributed by atoms with Gasteiger partial charge in [0, 0.05) is 35.0 Å². The first-order valence-electron chi connectivity index (χ1n) is 10.9. The minimum Gasteiger partial charge on any atom is -0.297 e. The monoisotopic (exact) mass is 518 g/mol. The van der Waals surface area contributed by atoms with Gasteiger partial charge in [-0.05, 0) is 35.4 Å². The molecule has 0 bridgehead atoms. The van der Waals surface area contributed by atoms with Crippen LogP contribution in [0, 0.1) is 11.6 Å². The number of hydrogen-bond donors (Lipinski definition) is 0. The van der Waals surface area contributed by atoms with Crippen molar-refractivity contribution in [2.24, 2.45) is 0 Å². The molecular formula is C26H16F2N4O2S2. The van der Waals surface area contributed by atoms with Crippen molar-refractivity contribution in [3.63, 3.8) is 0 Å².